The van der Waals surface area contributed by atoms with Crippen molar-refractivity contribution in [2.45, 2.75) is 13.0 Å². The molecule has 1 N–H and O–H groups in total. The van der Waals surface area contributed by atoms with Gasteiger partial charge in [0.25, 0.3) is 0 Å². The number of nitrogens with zero attached hydrogens (tertiary/aromatic N) is 2. The van der Waals surface area contributed by atoms with Crippen LogP contribution in [0, 0.1) is 0 Å². The van der Waals surface area contributed by atoms with Gasteiger partial charge in [0.1, 0.15) is 12.7 Å². The molecule has 1 saturated heterocycles. The number of likely N-dealkylation sites (N-methyl/N-ethyl adjacent to an activating group) is 1. The van der Waals surface area contributed by atoms with E-state index in [1.165, 1.54) is 6.20 Å². The number of hydrogen-bond donors (Lipinski definition) is 1. The number of ether oxygens (including phenoxy) is 2. The number of carboxylic acids is 1. The summed E-state index contributed by atoms with van der Waals surface area (Å²) in [5.74, 6) is -0.803. The Morgan fingerprint density at radius 1 is 1.68 bits per heavy atom. The lowest BCUT2D eigenvalue weighted by atomic mass is 10.3. The summed E-state index contributed by atoms with van der Waals surface area (Å²) in [5, 5.41) is 9.00. The summed E-state index contributed by atoms with van der Waals surface area (Å²) in [7, 11) is 0. The number of aromatic carboxylic acids is 1. The van der Waals surface area contributed by atoms with Crippen LogP contribution in [0.4, 0.5) is 0 Å². The first-order valence-electron chi connectivity index (χ1n) is 6.35. The third-order valence-electron chi connectivity index (χ3n) is 3.07. The van der Waals surface area contributed by atoms with Gasteiger partial charge in [-0.25, -0.2) is 9.78 Å². The summed E-state index contributed by atoms with van der Waals surface area (Å²) in [4.78, 5) is 17.1. The molecule has 2 heterocycles. The van der Waals surface area contributed by atoms with Crippen LogP contribution in [0.15, 0.2) is 18.3 Å². The van der Waals surface area contributed by atoms with Crippen LogP contribution >= 0.6 is 0 Å². The maximum atomic E-state index is 11.0. The van der Waals surface area contributed by atoms with E-state index in [2.05, 4.69) is 16.8 Å². The standard InChI is InChI=1S/C13H18N2O4/c1-2-15-6-7-18-10(8-15)9-19-11-4-3-5-14-12(11)13(16)17/h3-5,10H,2,6-9H2,1H3,(H,16,17). The predicted molar refractivity (Wildman–Crippen MR) is 68.5 cm³/mol. The summed E-state index contributed by atoms with van der Waals surface area (Å²) in [6, 6.07) is 3.26. The van der Waals surface area contributed by atoms with Crippen molar-refractivity contribution in [3.63, 3.8) is 0 Å². The van der Waals surface area contributed by atoms with Crippen LogP contribution in [-0.2, 0) is 4.74 Å². The topological polar surface area (TPSA) is 71.9 Å². The van der Waals surface area contributed by atoms with Gasteiger partial charge in [0.05, 0.1) is 6.61 Å². The fourth-order valence-corrected chi connectivity index (χ4v) is 2.02. The second-order valence-corrected chi connectivity index (χ2v) is 4.35. The lowest BCUT2D eigenvalue weighted by Gasteiger charge is -2.31. The van der Waals surface area contributed by atoms with E-state index in [0.717, 1.165) is 19.6 Å². The number of morpholine rings is 1. The van der Waals surface area contributed by atoms with Crippen molar-refractivity contribution in [1.29, 1.82) is 0 Å². The van der Waals surface area contributed by atoms with Gasteiger partial charge in [-0.1, -0.05) is 6.92 Å². The molecule has 2 rings (SSSR count). The van der Waals surface area contributed by atoms with Crippen LogP contribution in [0.2, 0.25) is 0 Å². The van der Waals surface area contributed by atoms with Gasteiger partial charge in [-0.05, 0) is 18.7 Å². The van der Waals surface area contributed by atoms with Crippen molar-refractivity contribution >= 4 is 5.97 Å². The molecular formula is C13H18N2O4. The zero-order valence-corrected chi connectivity index (χ0v) is 10.9. The molecule has 1 aromatic rings. The molecule has 1 aromatic heterocycles. The quantitative estimate of drug-likeness (QED) is 0.853. The Hall–Kier alpha value is -1.66. The van der Waals surface area contributed by atoms with Crippen molar-refractivity contribution in [1.82, 2.24) is 9.88 Å². The molecule has 6 nitrogen and oxygen atoms in total. The number of rotatable bonds is 5. The minimum absolute atomic E-state index is 0.0319. The van der Waals surface area contributed by atoms with E-state index < -0.39 is 5.97 Å². The highest BCUT2D eigenvalue weighted by Gasteiger charge is 2.21. The van der Waals surface area contributed by atoms with Gasteiger partial charge in [-0.3, -0.25) is 4.90 Å². The Balaban J connectivity index is 1.93. The van der Waals surface area contributed by atoms with Gasteiger partial charge in [0.2, 0.25) is 0 Å². The third kappa shape index (κ3) is 3.65. The van der Waals surface area contributed by atoms with Gasteiger partial charge in [-0.15, -0.1) is 0 Å². The molecule has 0 amide bonds. The minimum Gasteiger partial charge on any atom is -0.488 e. The Labute approximate surface area is 112 Å². The lowest BCUT2D eigenvalue weighted by Crippen LogP contribution is -2.44. The molecular weight excluding hydrogens is 248 g/mol. The van der Waals surface area contributed by atoms with E-state index in [-0.39, 0.29) is 17.5 Å². The Bertz CT molecular complexity index is 438. The first-order valence-corrected chi connectivity index (χ1v) is 6.35. The third-order valence-corrected chi connectivity index (χ3v) is 3.07. The molecule has 0 bridgehead atoms. The molecule has 1 atom stereocenters. The fraction of sp³-hybridized carbons (Fsp3) is 0.538. The fourth-order valence-electron chi connectivity index (χ4n) is 2.02. The van der Waals surface area contributed by atoms with Crippen LogP contribution < -0.4 is 4.74 Å². The van der Waals surface area contributed by atoms with Gasteiger partial charge in [-0.2, -0.15) is 0 Å². The van der Waals surface area contributed by atoms with E-state index in [0.29, 0.717) is 13.2 Å². The molecule has 6 heteroatoms. The van der Waals surface area contributed by atoms with Gasteiger partial charge >= 0.3 is 5.97 Å². The summed E-state index contributed by atoms with van der Waals surface area (Å²) in [6.45, 7) is 5.84. The first-order chi connectivity index (χ1) is 9.20. The molecule has 1 aliphatic heterocycles. The van der Waals surface area contributed by atoms with Gasteiger partial charge < -0.3 is 14.6 Å². The van der Waals surface area contributed by atoms with E-state index in [1.54, 1.807) is 12.1 Å². The van der Waals surface area contributed by atoms with E-state index in [1.807, 2.05) is 0 Å². The second-order valence-electron chi connectivity index (χ2n) is 4.35. The smallest absolute Gasteiger partial charge is 0.358 e. The molecule has 0 spiro atoms. The summed E-state index contributed by atoms with van der Waals surface area (Å²) in [6.07, 6.45) is 1.40. The SMILES string of the molecule is CCN1CCOC(COc2cccnc2C(=O)O)C1. The Kier molecular flexibility index (Phi) is 4.70. The zero-order chi connectivity index (χ0) is 13.7. The first kappa shape index (κ1) is 13.8. The highest BCUT2D eigenvalue weighted by Crippen LogP contribution is 2.16. The number of hydrogen-bond acceptors (Lipinski definition) is 5. The molecule has 0 saturated carbocycles. The van der Waals surface area contributed by atoms with E-state index in [4.69, 9.17) is 14.6 Å². The molecule has 1 unspecified atom stereocenters. The zero-order valence-electron chi connectivity index (χ0n) is 10.9. The van der Waals surface area contributed by atoms with E-state index in [9.17, 15) is 4.79 Å². The van der Waals surface area contributed by atoms with E-state index >= 15 is 0 Å². The van der Waals surface area contributed by atoms with Crippen molar-refractivity contribution in [2.75, 3.05) is 32.8 Å². The second kappa shape index (κ2) is 6.49. The maximum Gasteiger partial charge on any atom is 0.358 e. The largest absolute Gasteiger partial charge is 0.488 e. The average molecular weight is 266 g/mol. The van der Waals surface area contributed by atoms with Crippen LogP contribution in [0.3, 0.4) is 0 Å². The highest BCUT2D eigenvalue weighted by molar-refractivity contribution is 5.88. The lowest BCUT2D eigenvalue weighted by molar-refractivity contribution is -0.0465. The summed E-state index contributed by atoms with van der Waals surface area (Å²) < 4.78 is 11.1. The summed E-state index contributed by atoms with van der Waals surface area (Å²) >= 11 is 0. The molecule has 0 aliphatic carbocycles. The van der Waals surface area contributed by atoms with Crippen LogP contribution in [0.25, 0.3) is 0 Å². The Morgan fingerprint density at radius 3 is 3.26 bits per heavy atom. The van der Waals surface area contributed by atoms with Gasteiger partial charge in [0.15, 0.2) is 11.4 Å². The van der Waals surface area contributed by atoms with Crippen molar-refractivity contribution < 1.29 is 19.4 Å². The Morgan fingerprint density at radius 2 is 2.53 bits per heavy atom. The normalized spacial score (nSPS) is 20.2. The number of carboxylic acid groups (broad SMARTS) is 1. The van der Waals surface area contributed by atoms with Crippen molar-refractivity contribution in [3.8, 4) is 5.75 Å². The monoisotopic (exact) mass is 266 g/mol. The minimum atomic E-state index is -1.09. The molecule has 0 aromatic carbocycles. The molecule has 19 heavy (non-hydrogen) atoms. The molecule has 1 aliphatic rings. The molecule has 1 fully saturated rings. The predicted octanol–water partition coefficient (Wildman–Crippen LogP) is 0.879. The van der Waals surface area contributed by atoms with Crippen molar-refractivity contribution in [2.24, 2.45) is 0 Å². The van der Waals surface area contributed by atoms with Crippen molar-refractivity contribution in [3.05, 3.63) is 24.0 Å². The number of carbonyl (C=O) groups is 1. The van der Waals surface area contributed by atoms with Crippen LogP contribution in [0.5, 0.6) is 5.75 Å². The number of pyridine rings is 1. The molecule has 0 radical (unpaired) electrons. The average Bonchev–Trinajstić information content (AvgIpc) is 2.45. The molecule has 104 valence electrons. The van der Waals surface area contributed by atoms with Crippen LogP contribution in [-0.4, -0.2) is 59.9 Å². The van der Waals surface area contributed by atoms with Crippen LogP contribution in [0.1, 0.15) is 17.4 Å². The summed E-state index contributed by atoms with van der Waals surface area (Å²) in [5.41, 5.74) is -0.0642. The highest BCUT2D eigenvalue weighted by atomic mass is 16.5. The number of aromatic nitrogens is 1. The van der Waals surface area contributed by atoms with Gasteiger partial charge in [0, 0.05) is 19.3 Å². The maximum absolute atomic E-state index is 11.0.